The first-order chi connectivity index (χ1) is 13.6. The number of likely N-dealkylation sites (tertiary alicyclic amines) is 1. The van der Waals surface area contributed by atoms with Crippen LogP contribution in [0, 0.1) is 11.3 Å². The number of halogens is 3. The monoisotopic (exact) mass is 449 g/mol. The Morgan fingerprint density at radius 3 is 2.74 bits per heavy atom. The third kappa shape index (κ3) is 5.01. The van der Waals surface area contributed by atoms with E-state index >= 15 is 0 Å². The highest BCUT2D eigenvalue weighted by molar-refractivity contribution is 9.10. The van der Waals surface area contributed by atoms with Crippen LogP contribution in [-0.2, 0) is 4.74 Å². The van der Waals surface area contributed by atoms with Crippen molar-refractivity contribution in [2.24, 2.45) is 0 Å². The molecule has 1 saturated heterocycles. The quantitative estimate of drug-likeness (QED) is 0.685. The number of carbonyl (C=O) groups excluding carboxylic acids is 1. The van der Waals surface area contributed by atoms with Gasteiger partial charge in [-0.3, -0.25) is 0 Å². The predicted molar refractivity (Wildman–Crippen MR) is 97.2 cm³/mol. The fourth-order valence-corrected chi connectivity index (χ4v) is 2.93. The lowest BCUT2D eigenvalue weighted by Crippen LogP contribution is -2.56. The molecule has 1 atom stereocenters. The number of piperidine rings is 1. The SMILES string of the molecule is [2H]C([2H])([2H])Oc1ccc(Br)c(C#N)c1OC1CCN(C(=O)OC(C)(C)C)CC1(F)F. The second-order valence-corrected chi connectivity index (χ2v) is 7.88. The number of nitrogens with zero attached hydrogens (tertiary/aromatic N) is 2. The standard InChI is InChI=1S/C18H21BrF2N2O4/c1-17(2,3)27-16(24)23-8-7-14(18(20,21)10-23)26-15-11(9-22)12(19)5-6-13(15)25-4/h5-6,14H,7-8,10H2,1-4H3/i4D3. The Morgan fingerprint density at radius 1 is 1.48 bits per heavy atom. The van der Waals surface area contributed by atoms with Crippen LogP contribution in [0.1, 0.15) is 36.9 Å². The molecule has 0 N–H and O–H groups in total. The van der Waals surface area contributed by atoms with Gasteiger partial charge in [-0.25, -0.2) is 13.6 Å². The smallest absolute Gasteiger partial charge is 0.410 e. The number of hydrogen-bond acceptors (Lipinski definition) is 5. The molecule has 1 fully saturated rings. The van der Waals surface area contributed by atoms with Crippen LogP contribution in [0.5, 0.6) is 11.5 Å². The number of rotatable bonds is 3. The molecule has 9 heteroatoms. The maximum Gasteiger partial charge on any atom is 0.410 e. The summed E-state index contributed by atoms with van der Waals surface area (Å²) in [4.78, 5) is 13.0. The van der Waals surface area contributed by atoms with Crippen molar-refractivity contribution in [2.75, 3.05) is 20.1 Å². The number of amides is 1. The summed E-state index contributed by atoms with van der Waals surface area (Å²) in [7, 11) is -2.87. The van der Waals surface area contributed by atoms with Crippen LogP contribution >= 0.6 is 15.9 Å². The Balaban J connectivity index is 2.28. The van der Waals surface area contributed by atoms with Crippen molar-refractivity contribution in [3.05, 3.63) is 22.2 Å². The molecule has 1 aliphatic rings. The van der Waals surface area contributed by atoms with Gasteiger partial charge in [0.25, 0.3) is 0 Å². The Labute approximate surface area is 169 Å². The molecule has 6 nitrogen and oxygen atoms in total. The molecule has 148 valence electrons. The first-order valence-corrected chi connectivity index (χ1v) is 8.86. The van der Waals surface area contributed by atoms with Crippen LogP contribution in [-0.4, -0.2) is 48.7 Å². The van der Waals surface area contributed by atoms with Gasteiger partial charge in [-0.05, 0) is 48.8 Å². The molecular weight excluding hydrogens is 426 g/mol. The summed E-state index contributed by atoms with van der Waals surface area (Å²) in [6.07, 6.45) is -2.85. The zero-order valence-electron chi connectivity index (χ0n) is 18.0. The molecule has 1 unspecified atom stereocenters. The van der Waals surface area contributed by atoms with E-state index < -0.39 is 43.1 Å². The molecule has 0 spiro atoms. The number of benzene rings is 1. The average molecular weight is 450 g/mol. The van der Waals surface area contributed by atoms with E-state index in [-0.39, 0.29) is 28.8 Å². The molecule has 1 aromatic rings. The van der Waals surface area contributed by atoms with Crippen molar-refractivity contribution in [1.82, 2.24) is 4.90 Å². The maximum atomic E-state index is 14.8. The van der Waals surface area contributed by atoms with E-state index in [4.69, 9.17) is 18.3 Å². The molecule has 27 heavy (non-hydrogen) atoms. The lowest BCUT2D eigenvalue weighted by atomic mass is 10.0. The summed E-state index contributed by atoms with van der Waals surface area (Å²) >= 11 is 3.12. The zero-order valence-corrected chi connectivity index (χ0v) is 16.6. The van der Waals surface area contributed by atoms with Crippen LogP contribution in [0.3, 0.4) is 0 Å². The number of hydrogen-bond donors (Lipinski definition) is 0. The van der Waals surface area contributed by atoms with Gasteiger partial charge in [-0.15, -0.1) is 0 Å². The molecule has 0 aromatic heterocycles. The van der Waals surface area contributed by atoms with Crippen LogP contribution in [0.15, 0.2) is 16.6 Å². The third-order valence-electron chi connectivity index (χ3n) is 3.74. The maximum absolute atomic E-state index is 14.8. The van der Waals surface area contributed by atoms with Gasteiger partial charge in [0, 0.05) is 17.4 Å². The third-order valence-corrected chi connectivity index (χ3v) is 4.40. The Hall–Kier alpha value is -2.08. The van der Waals surface area contributed by atoms with E-state index in [0.717, 1.165) is 4.90 Å². The van der Waals surface area contributed by atoms with Gasteiger partial charge < -0.3 is 19.1 Å². The van der Waals surface area contributed by atoms with E-state index in [1.165, 1.54) is 12.1 Å². The van der Waals surface area contributed by atoms with Crippen LogP contribution in [0.4, 0.5) is 13.6 Å². The van der Waals surface area contributed by atoms with Crippen molar-refractivity contribution >= 4 is 22.0 Å². The van der Waals surface area contributed by atoms with E-state index in [1.54, 1.807) is 26.8 Å². The first kappa shape index (κ1) is 17.0. The lowest BCUT2D eigenvalue weighted by Gasteiger charge is -2.38. The van der Waals surface area contributed by atoms with E-state index in [0.29, 0.717) is 0 Å². The number of carbonyl (C=O) groups is 1. The van der Waals surface area contributed by atoms with Gasteiger partial charge in [0.2, 0.25) is 0 Å². The molecular formula is C18H21BrF2N2O4. The fourth-order valence-electron chi connectivity index (χ4n) is 2.53. The van der Waals surface area contributed by atoms with Crippen LogP contribution in [0.25, 0.3) is 0 Å². The minimum Gasteiger partial charge on any atom is -0.493 e. The van der Waals surface area contributed by atoms with E-state index in [2.05, 4.69) is 15.9 Å². The summed E-state index contributed by atoms with van der Waals surface area (Å²) in [6, 6.07) is 4.36. The highest BCUT2D eigenvalue weighted by Gasteiger charge is 2.49. The largest absolute Gasteiger partial charge is 0.493 e. The normalized spacial score (nSPS) is 21.3. The number of alkyl halides is 2. The first-order valence-electron chi connectivity index (χ1n) is 9.57. The van der Waals surface area contributed by atoms with Crippen molar-refractivity contribution in [3.63, 3.8) is 0 Å². The molecule has 1 aliphatic heterocycles. The van der Waals surface area contributed by atoms with Gasteiger partial charge in [0.05, 0.1) is 17.7 Å². The summed E-state index contributed by atoms with van der Waals surface area (Å²) in [6.45, 7) is 3.87. The van der Waals surface area contributed by atoms with E-state index in [1.807, 2.05) is 0 Å². The number of nitriles is 1. The minimum absolute atomic E-state index is 0.0689. The molecule has 0 radical (unpaired) electrons. The molecule has 0 bridgehead atoms. The van der Waals surface area contributed by atoms with Gasteiger partial charge in [0.15, 0.2) is 17.6 Å². The number of methoxy groups -OCH3 is 1. The summed E-state index contributed by atoms with van der Waals surface area (Å²) in [5.41, 5.74) is -1.01. The van der Waals surface area contributed by atoms with Gasteiger partial charge in [-0.1, -0.05) is 0 Å². The molecule has 0 saturated carbocycles. The predicted octanol–water partition coefficient (Wildman–Crippen LogP) is 4.35. The Bertz CT molecular complexity index is 854. The molecule has 0 aliphatic carbocycles. The van der Waals surface area contributed by atoms with Gasteiger partial charge >= 0.3 is 12.0 Å². The molecule has 2 rings (SSSR count). The fraction of sp³-hybridized carbons (Fsp3) is 0.556. The summed E-state index contributed by atoms with van der Waals surface area (Å²) < 4.78 is 66.9. The van der Waals surface area contributed by atoms with Crippen molar-refractivity contribution in [1.29, 1.82) is 5.26 Å². The lowest BCUT2D eigenvalue weighted by molar-refractivity contribution is -0.137. The van der Waals surface area contributed by atoms with Crippen molar-refractivity contribution in [2.45, 2.75) is 44.8 Å². The van der Waals surface area contributed by atoms with Gasteiger partial charge in [0.1, 0.15) is 17.2 Å². The molecule has 1 heterocycles. The molecule has 1 amide bonds. The second kappa shape index (κ2) is 7.89. The summed E-state index contributed by atoms with van der Waals surface area (Å²) in [5, 5.41) is 9.39. The van der Waals surface area contributed by atoms with E-state index in [9.17, 15) is 18.8 Å². The minimum atomic E-state index is -3.48. The highest BCUT2D eigenvalue weighted by atomic mass is 79.9. The number of ether oxygens (including phenoxy) is 3. The van der Waals surface area contributed by atoms with Crippen LogP contribution < -0.4 is 9.47 Å². The van der Waals surface area contributed by atoms with Gasteiger partial charge in [-0.2, -0.15) is 5.26 Å². The highest BCUT2D eigenvalue weighted by Crippen LogP contribution is 2.40. The zero-order chi connectivity index (χ0) is 22.9. The van der Waals surface area contributed by atoms with Crippen LogP contribution in [0.2, 0.25) is 0 Å². The topological polar surface area (TPSA) is 71.8 Å². The Morgan fingerprint density at radius 2 is 2.19 bits per heavy atom. The average Bonchev–Trinajstić information content (AvgIpc) is 2.56. The summed E-state index contributed by atoms with van der Waals surface area (Å²) in [5.74, 6) is -4.25. The van der Waals surface area contributed by atoms with Crippen molar-refractivity contribution in [3.8, 4) is 17.6 Å². The molecule has 1 aromatic carbocycles. The second-order valence-electron chi connectivity index (χ2n) is 7.02. The Kier molecular flexibility index (Phi) is 4.98. The van der Waals surface area contributed by atoms with Crippen molar-refractivity contribution < 1.29 is 31.9 Å².